The standard InChI is InChI=1S/C28H33N3O3/c1-3-4-5-9-18-34-26-17-11-14-24(20-26)30-27(32)21-29-23-13-10-12-22(19-23)28(33)31(2)25-15-7-6-8-16-25/h6-8,10-17,19-20,29H,3-5,9,18,21H2,1-2H3,(H,30,32). The lowest BCUT2D eigenvalue weighted by Crippen LogP contribution is -2.26. The molecule has 0 saturated carbocycles. The first kappa shape index (κ1) is 24.8. The summed E-state index contributed by atoms with van der Waals surface area (Å²) in [7, 11) is 1.74. The summed E-state index contributed by atoms with van der Waals surface area (Å²) in [5.41, 5.74) is 2.75. The Hall–Kier alpha value is -3.80. The molecule has 6 nitrogen and oxygen atoms in total. The average molecular weight is 460 g/mol. The second kappa shape index (κ2) is 13.0. The van der Waals surface area contributed by atoms with Crippen LogP contribution in [0.2, 0.25) is 0 Å². The Morgan fingerprint density at radius 1 is 0.853 bits per heavy atom. The maximum Gasteiger partial charge on any atom is 0.258 e. The van der Waals surface area contributed by atoms with Crippen LogP contribution in [0, 0.1) is 0 Å². The maximum atomic E-state index is 12.8. The molecule has 3 aromatic rings. The van der Waals surface area contributed by atoms with E-state index in [1.165, 1.54) is 12.8 Å². The fraction of sp³-hybridized carbons (Fsp3) is 0.286. The van der Waals surface area contributed by atoms with Gasteiger partial charge in [-0.2, -0.15) is 0 Å². The summed E-state index contributed by atoms with van der Waals surface area (Å²) < 4.78 is 5.79. The molecule has 0 aromatic heterocycles. The third kappa shape index (κ3) is 7.66. The van der Waals surface area contributed by atoms with Gasteiger partial charge in [-0.15, -0.1) is 0 Å². The minimum absolute atomic E-state index is 0.0776. The monoisotopic (exact) mass is 459 g/mol. The Morgan fingerprint density at radius 3 is 2.41 bits per heavy atom. The van der Waals surface area contributed by atoms with Crippen molar-refractivity contribution in [2.75, 3.05) is 35.7 Å². The molecule has 0 unspecified atom stereocenters. The number of rotatable bonds is 12. The van der Waals surface area contributed by atoms with Crippen LogP contribution in [0.1, 0.15) is 43.0 Å². The lowest BCUT2D eigenvalue weighted by Gasteiger charge is -2.18. The summed E-state index contributed by atoms with van der Waals surface area (Å²) in [6.45, 7) is 2.94. The third-order valence-electron chi connectivity index (χ3n) is 5.40. The average Bonchev–Trinajstić information content (AvgIpc) is 2.87. The maximum absolute atomic E-state index is 12.8. The van der Waals surface area contributed by atoms with E-state index in [-0.39, 0.29) is 18.4 Å². The van der Waals surface area contributed by atoms with Gasteiger partial charge in [0.25, 0.3) is 5.91 Å². The first-order valence-electron chi connectivity index (χ1n) is 11.8. The van der Waals surface area contributed by atoms with Crippen LogP contribution >= 0.6 is 0 Å². The number of anilines is 3. The highest BCUT2D eigenvalue weighted by molar-refractivity contribution is 6.06. The number of hydrogen-bond donors (Lipinski definition) is 2. The highest BCUT2D eigenvalue weighted by Crippen LogP contribution is 2.19. The fourth-order valence-corrected chi connectivity index (χ4v) is 3.49. The van der Waals surface area contributed by atoms with Crippen LogP contribution < -0.4 is 20.3 Å². The fourth-order valence-electron chi connectivity index (χ4n) is 3.49. The molecule has 0 saturated heterocycles. The predicted octanol–water partition coefficient (Wildman–Crippen LogP) is 5.97. The van der Waals surface area contributed by atoms with Gasteiger partial charge >= 0.3 is 0 Å². The van der Waals surface area contributed by atoms with E-state index in [0.717, 1.165) is 24.3 Å². The second-order valence-electron chi connectivity index (χ2n) is 8.12. The van der Waals surface area contributed by atoms with Gasteiger partial charge in [-0.1, -0.05) is 56.5 Å². The number of nitrogens with zero attached hydrogens (tertiary/aromatic N) is 1. The number of amides is 2. The first-order valence-corrected chi connectivity index (χ1v) is 11.8. The van der Waals surface area contributed by atoms with E-state index in [0.29, 0.717) is 23.5 Å². The molecular weight excluding hydrogens is 426 g/mol. The van der Waals surface area contributed by atoms with Crippen LogP contribution in [-0.2, 0) is 4.79 Å². The highest BCUT2D eigenvalue weighted by Gasteiger charge is 2.14. The zero-order valence-corrected chi connectivity index (χ0v) is 19.9. The Kier molecular flexibility index (Phi) is 9.52. The van der Waals surface area contributed by atoms with E-state index in [1.807, 2.05) is 60.7 Å². The van der Waals surface area contributed by atoms with Crippen molar-refractivity contribution in [3.8, 4) is 5.75 Å². The van der Waals surface area contributed by atoms with Crippen molar-refractivity contribution in [3.63, 3.8) is 0 Å². The Morgan fingerprint density at radius 2 is 1.62 bits per heavy atom. The van der Waals surface area contributed by atoms with Gasteiger partial charge in [-0.05, 0) is 48.9 Å². The topological polar surface area (TPSA) is 70.7 Å². The number of para-hydroxylation sites is 1. The molecule has 3 rings (SSSR count). The molecule has 6 heteroatoms. The lowest BCUT2D eigenvalue weighted by molar-refractivity contribution is -0.114. The van der Waals surface area contributed by atoms with Gasteiger partial charge in [0.05, 0.1) is 13.2 Å². The Bertz CT molecular complexity index is 1070. The van der Waals surface area contributed by atoms with Crippen molar-refractivity contribution in [2.45, 2.75) is 32.6 Å². The van der Waals surface area contributed by atoms with E-state index in [2.05, 4.69) is 17.6 Å². The van der Waals surface area contributed by atoms with E-state index in [4.69, 9.17) is 4.74 Å². The largest absolute Gasteiger partial charge is 0.494 e. The molecule has 0 aliphatic carbocycles. The molecule has 2 N–H and O–H groups in total. The number of carbonyl (C=O) groups is 2. The van der Waals surface area contributed by atoms with Crippen molar-refractivity contribution in [3.05, 3.63) is 84.4 Å². The van der Waals surface area contributed by atoms with Gasteiger partial charge in [-0.25, -0.2) is 0 Å². The normalized spacial score (nSPS) is 10.4. The van der Waals surface area contributed by atoms with E-state index >= 15 is 0 Å². The number of benzene rings is 3. The molecule has 34 heavy (non-hydrogen) atoms. The molecule has 2 amide bonds. The highest BCUT2D eigenvalue weighted by atomic mass is 16.5. The van der Waals surface area contributed by atoms with Crippen molar-refractivity contribution in [1.82, 2.24) is 0 Å². The number of nitrogens with one attached hydrogen (secondary N) is 2. The SMILES string of the molecule is CCCCCCOc1cccc(NC(=O)CNc2cccc(C(=O)N(C)c3ccccc3)c2)c1. The van der Waals surface area contributed by atoms with Gasteiger partial charge in [0.2, 0.25) is 5.91 Å². The number of carbonyl (C=O) groups excluding carboxylic acids is 2. The Balaban J connectivity index is 1.50. The van der Waals surface area contributed by atoms with Gasteiger partial charge in [-0.3, -0.25) is 9.59 Å². The predicted molar refractivity (Wildman–Crippen MR) is 139 cm³/mol. The molecule has 0 bridgehead atoms. The molecule has 3 aromatic carbocycles. The molecule has 0 aliphatic rings. The zero-order valence-electron chi connectivity index (χ0n) is 19.9. The third-order valence-corrected chi connectivity index (χ3v) is 5.40. The quantitative estimate of drug-likeness (QED) is 0.327. The summed E-state index contributed by atoms with van der Waals surface area (Å²) in [5, 5.41) is 5.98. The van der Waals surface area contributed by atoms with Crippen LogP contribution in [0.25, 0.3) is 0 Å². The molecule has 0 radical (unpaired) electrons. The van der Waals surface area contributed by atoms with Crippen LogP contribution in [0.15, 0.2) is 78.9 Å². The smallest absolute Gasteiger partial charge is 0.258 e. The molecule has 0 spiro atoms. The molecule has 0 atom stereocenters. The summed E-state index contributed by atoms with van der Waals surface area (Å²) in [6, 6.07) is 24.0. The number of hydrogen-bond acceptors (Lipinski definition) is 4. The summed E-state index contributed by atoms with van der Waals surface area (Å²) in [4.78, 5) is 26.9. The zero-order chi connectivity index (χ0) is 24.2. The molecular formula is C28H33N3O3. The second-order valence-corrected chi connectivity index (χ2v) is 8.12. The molecule has 0 fully saturated rings. The van der Waals surface area contributed by atoms with Crippen molar-refractivity contribution < 1.29 is 14.3 Å². The molecule has 0 aliphatic heterocycles. The van der Waals surface area contributed by atoms with Crippen LogP contribution in [-0.4, -0.2) is 32.0 Å². The summed E-state index contributed by atoms with van der Waals surface area (Å²) in [5.74, 6) is 0.444. The minimum atomic E-state index is -0.182. The van der Waals surface area contributed by atoms with Crippen molar-refractivity contribution in [2.24, 2.45) is 0 Å². The first-order chi connectivity index (χ1) is 16.6. The van der Waals surface area contributed by atoms with Crippen LogP contribution in [0.3, 0.4) is 0 Å². The number of unbranched alkanes of at least 4 members (excludes halogenated alkanes) is 3. The van der Waals surface area contributed by atoms with Crippen molar-refractivity contribution in [1.29, 1.82) is 0 Å². The molecule has 0 heterocycles. The number of ether oxygens (including phenoxy) is 1. The summed E-state index contributed by atoms with van der Waals surface area (Å²) >= 11 is 0. The minimum Gasteiger partial charge on any atom is -0.494 e. The lowest BCUT2D eigenvalue weighted by atomic mass is 10.1. The van der Waals surface area contributed by atoms with Gasteiger partial charge in [0, 0.05) is 35.7 Å². The summed E-state index contributed by atoms with van der Waals surface area (Å²) in [6.07, 6.45) is 4.60. The van der Waals surface area contributed by atoms with Crippen LogP contribution in [0.4, 0.5) is 17.1 Å². The van der Waals surface area contributed by atoms with Gasteiger partial charge in [0.1, 0.15) is 5.75 Å². The van der Waals surface area contributed by atoms with E-state index in [1.54, 1.807) is 30.1 Å². The van der Waals surface area contributed by atoms with Gasteiger partial charge < -0.3 is 20.3 Å². The van der Waals surface area contributed by atoms with E-state index < -0.39 is 0 Å². The molecule has 178 valence electrons. The van der Waals surface area contributed by atoms with E-state index in [9.17, 15) is 9.59 Å². The van der Waals surface area contributed by atoms with Crippen LogP contribution in [0.5, 0.6) is 5.75 Å². The Labute approximate surface area is 201 Å². The van der Waals surface area contributed by atoms with Gasteiger partial charge in [0.15, 0.2) is 0 Å². The van der Waals surface area contributed by atoms with Crippen molar-refractivity contribution >= 4 is 28.9 Å².